The van der Waals surface area contributed by atoms with Crippen molar-refractivity contribution in [1.29, 1.82) is 0 Å². The lowest BCUT2D eigenvalue weighted by Gasteiger charge is -2.21. The van der Waals surface area contributed by atoms with Gasteiger partial charge in [0.2, 0.25) is 5.91 Å². The van der Waals surface area contributed by atoms with E-state index in [9.17, 15) is 4.79 Å². The fraction of sp³-hybridized carbons (Fsp3) is 0.455. The molecule has 0 aliphatic carbocycles. The maximum atomic E-state index is 11.8. The number of methoxy groups -OCH3 is 1. The van der Waals surface area contributed by atoms with Gasteiger partial charge in [-0.25, -0.2) is 4.98 Å². The predicted molar refractivity (Wildman–Crippen MR) is 58.5 cm³/mol. The Morgan fingerprint density at radius 2 is 2.27 bits per heavy atom. The number of aromatic nitrogens is 1. The highest BCUT2D eigenvalue weighted by molar-refractivity contribution is 5.94. The van der Waals surface area contributed by atoms with E-state index in [-0.39, 0.29) is 5.91 Å². The number of nitrogens with one attached hydrogen (secondary N) is 1. The van der Waals surface area contributed by atoms with Crippen molar-refractivity contribution in [3.05, 3.63) is 24.4 Å². The van der Waals surface area contributed by atoms with Crippen LogP contribution >= 0.6 is 0 Å². The molecule has 15 heavy (non-hydrogen) atoms. The van der Waals surface area contributed by atoms with E-state index in [1.54, 1.807) is 25.4 Å². The van der Waals surface area contributed by atoms with Crippen LogP contribution in [0.15, 0.2) is 24.4 Å². The molecule has 4 heteroatoms. The van der Waals surface area contributed by atoms with Gasteiger partial charge in [-0.2, -0.15) is 0 Å². The van der Waals surface area contributed by atoms with Gasteiger partial charge in [-0.05, 0) is 26.0 Å². The Morgan fingerprint density at radius 3 is 2.80 bits per heavy atom. The molecule has 1 amide bonds. The monoisotopic (exact) mass is 208 g/mol. The third-order valence-corrected chi connectivity index (χ3v) is 2.03. The van der Waals surface area contributed by atoms with Crippen LogP contribution in [0.3, 0.4) is 0 Å². The maximum absolute atomic E-state index is 11.8. The number of nitrogens with zero attached hydrogens (tertiary/aromatic N) is 1. The van der Waals surface area contributed by atoms with Gasteiger partial charge in [0.15, 0.2) is 0 Å². The fourth-order valence-corrected chi connectivity index (χ4v) is 1.15. The predicted octanol–water partition coefficient (Wildman–Crippen LogP) is 1.69. The molecule has 0 spiro atoms. The van der Waals surface area contributed by atoms with E-state index in [4.69, 9.17) is 4.74 Å². The zero-order valence-electron chi connectivity index (χ0n) is 9.28. The Balaban J connectivity index is 2.63. The molecule has 1 aromatic rings. The van der Waals surface area contributed by atoms with Crippen molar-refractivity contribution in [3.63, 3.8) is 0 Å². The second-order valence-corrected chi connectivity index (χ2v) is 3.99. The van der Waals surface area contributed by atoms with Gasteiger partial charge in [0.05, 0.1) is 12.0 Å². The van der Waals surface area contributed by atoms with E-state index < -0.39 is 5.41 Å². The number of hydrogen-bond donors (Lipinski definition) is 1. The minimum atomic E-state index is -0.549. The summed E-state index contributed by atoms with van der Waals surface area (Å²) in [6.45, 7) is 4.04. The van der Waals surface area contributed by atoms with Gasteiger partial charge in [-0.1, -0.05) is 6.07 Å². The molecule has 0 aliphatic heterocycles. The Bertz CT molecular complexity index is 323. The van der Waals surface area contributed by atoms with Gasteiger partial charge < -0.3 is 10.1 Å². The van der Waals surface area contributed by atoms with E-state index in [1.165, 1.54) is 0 Å². The van der Waals surface area contributed by atoms with Crippen LogP contribution in [0.1, 0.15) is 13.8 Å². The van der Waals surface area contributed by atoms with Crippen LogP contribution < -0.4 is 5.32 Å². The molecule has 1 heterocycles. The molecule has 4 nitrogen and oxygen atoms in total. The molecule has 82 valence electrons. The Labute approximate surface area is 89.7 Å². The average Bonchev–Trinajstić information content (AvgIpc) is 2.19. The first-order valence-electron chi connectivity index (χ1n) is 4.78. The van der Waals surface area contributed by atoms with Gasteiger partial charge in [0.25, 0.3) is 0 Å². The minimum Gasteiger partial charge on any atom is -0.384 e. The summed E-state index contributed by atoms with van der Waals surface area (Å²) in [6, 6.07) is 5.38. The first-order valence-corrected chi connectivity index (χ1v) is 4.78. The lowest BCUT2D eigenvalue weighted by Crippen LogP contribution is -2.34. The van der Waals surface area contributed by atoms with Crippen LogP contribution in [0, 0.1) is 5.41 Å². The zero-order chi connectivity index (χ0) is 11.3. The summed E-state index contributed by atoms with van der Waals surface area (Å²) in [5.74, 6) is 0.467. The molecule has 1 N–H and O–H groups in total. The van der Waals surface area contributed by atoms with Crippen molar-refractivity contribution >= 4 is 11.7 Å². The number of ether oxygens (including phenoxy) is 1. The summed E-state index contributed by atoms with van der Waals surface area (Å²) in [4.78, 5) is 15.8. The SMILES string of the molecule is COCC(C)(C)C(=O)Nc1ccccn1. The van der Waals surface area contributed by atoms with E-state index in [1.807, 2.05) is 19.9 Å². The first kappa shape index (κ1) is 11.7. The van der Waals surface area contributed by atoms with Gasteiger partial charge in [-0.3, -0.25) is 4.79 Å². The van der Waals surface area contributed by atoms with Gasteiger partial charge in [-0.15, -0.1) is 0 Å². The van der Waals surface area contributed by atoms with Crippen molar-refractivity contribution in [1.82, 2.24) is 4.98 Å². The van der Waals surface area contributed by atoms with Crippen molar-refractivity contribution in [2.24, 2.45) is 5.41 Å². The summed E-state index contributed by atoms with van der Waals surface area (Å²) >= 11 is 0. The van der Waals surface area contributed by atoms with E-state index in [0.29, 0.717) is 12.4 Å². The summed E-state index contributed by atoms with van der Waals surface area (Å²) in [7, 11) is 1.58. The zero-order valence-corrected chi connectivity index (χ0v) is 9.28. The molecule has 0 atom stereocenters. The number of carbonyl (C=O) groups is 1. The molecule has 0 saturated carbocycles. The number of pyridine rings is 1. The lowest BCUT2D eigenvalue weighted by atomic mass is 9.94. The molecule has 0 aliphatic rings. The summed E-state index contributed by atoms with van der Waals surface area (Å²) in [5, 5.41) is 2.74. The van der Waals surface area contributed by atoms with Crippen LogP contribution in [0.5, 0.6) is 0 Å². The van der Waals surface area contributed by atoms with Crippen LogP contribution in [0.2, 0.25) is 0 Å². The third kappa shape index (κ3) is 3.32. The van der Waals surface area contributed by atoms with Crippen LogP contribution in [0.25, 0.3) is 0 Å². The summed E-state index contributed by atoms with van der Waals surface area (Å²) in [5.41, 5.74) is -0.549. The van der Waals surface area contributed by atoms with E-state index in [0.717, 1.165) is 0 Å². The Hall–Kier alpha value is -1.42. The smallest absolute Gasteiger partial charge is 0.233 e. The number of anilines is 1. The minimum absolute atomic E-state index is 0.0944. The van der Waals surface area contributed by atoms with E-state index in [2.05, 4.69) is 10.3 Å². The standard InChI is InChI=1S/C11H16N2O2/c1-11(2,8-15-3)10(14)13-9-6-4-5-7-12-9/h4-7H,8H2,1-3H3,(H,12,13,14). The molecule has 1 rings (SSSR count). The summed E-state index contributed by atoms with van der Waals surface area (Å²) < 4.78 is 4.98. The molecule has 0 saturated heterocycles. The van der Waals surface area contributed by atoms with Crippen LogP contribution in [-0.2, 0) is 9.53 Å². The second kappa shape index (κ2) is 4.89. The third-order valence-electron chi connectivity index (χ3n) is 2.03. The molecule has 0 fully saturated rings. The second-order valence-electron chi connectivity index (χ2n) is 3.99. The number of hydrogen-bond acceptors (Lipinski definition) is 3. The lowest BCUT2D eigenvalue weighted by molar-refractivity contribution is -0.126. The van der Waals surface area contributed by atoms with Crippen molar-refractivity contribution in [3.8, 4) is 0 Å². The molecule has 1 aromatic heterocycles. The van der Waals surface area contributed by atoms with Gasteiger partial charge in [0.1, 0.15) is 5.82 Å². The number of rotatable bonds is 4. The molecular formula is C11H16N2O2. The van der Waals surface area contributed by atoms with Crippen molar-refractivity contribution in [2.45, 2.75) is 13.8 Å². The number of amides is 1. The quantitative estimate of drug-likeness (QED) is 0.819. The van der Waals surface area contributed by atoms with Crippen LogP contribution in [-0.4, -0.2) is 24.6 Å². The molecule has 0 unspecified atom stereocenters. The maximum Gasteiger partial charge on any atom is 0.233 e. The van der Waals surface area contributed by atoms with Gasteiger partial charge in [0, 0.05) is 13.3 Å². The molecule has 0 aromatic carbocycles. The fourth-order valence-electron chi connectivity index (χ4n) is 1.15. The highest BCUT2D eigenvalue weighted by Crippen LogP contribution is 2.17. The summed E-state index contributed by atoms with van der Waals surface area (Å²) in [6.07, 6.45) is 1.64. The molecular weight excluding hydrogens is 192 g/mol. The molecule has 0 bridgehead atoms. The highest BCUT2D eigenvalue weighted by atomic mass is 16.5. The van der Waals surface area contributed by atoms with Crippen molar-refractivity contribution < 1.29 is 9.53 Å². The Kier molecular flexibility index (Phi) is 3.80. The average molecular weight is 208 g/mol. The van der Waals surface area contributed by atoms with E-state index >= 15 is 0 Å². The molecule has 0 radical (unpaired) electrons. The first-order chi connectivity index (χ1) is 7.06. The largest absolute Gasteiger partial charge is 0.384 e. The Morgan fingerprint density at radius 1 is 1.53 bits per heavy atom. The number of carbonyl (C=O) groups excluding carboxylic acids is 1. The van der Waals surface area contributed by atoms with Crippen LogP contribution in [0.4, 0.5) is 5.82 Å². The van der Waals surface area contributed by atoms with Crippen molar-refractivity contribution in [2.75, 3.05) is 19.0 Å². The highest BCUT2D eigenvalue weighted by Gasteiger charge is 2.27. The topological polar surface area (TPSA) is 51.2 Å². The van der Waals surface area contributed by atoms with Gasteiger partial charge >= 0.3 is 0 Å². The normalized spacial score (nSPS) is 11.1.